The van der Waals surface area contributed by atoms with Crippen LogP contribution >= 0.6 is 15.9 Å². The number of nitrogens with one attached hydrogen (secondary N) is 1. The highest BCUT2D eigenvalue weighted by Crippen LogP contribution is 2.25. The highest BCUT2D eigenvalue weighted by molar-refractivity contribution is 9.10. The third-order valence-corrected chi connectivity index (χ3v) is 3.49. The fourth-order valence-electron chi connectivity index (χ4n) is 2.00. The van der Waals surface area contributed by atoms with Gasteiger partial charge in [-0.25, -0.2) is 4.39 Å². The van der Waals surface area contributed by atoms with Gasteiger partial charge in [-0.3, -0.25) is 0 Å². The molecule has 1 nitrogen and oxygen atoms in total. The monoisotopic (exact) mass is 307 g/mol. The van der Waals surface area contributed by atoms with E-state index in [2.05, 4.69) is 21.2 Å². The second-order valence-corrected chi connectivity index (χ2v) is 5.20. The van der Waals surface area contributed by atoms with Crippen LogP contribution in [-0.2, 0) is 0 Å². The molecule has 0 amide bonds. The first-order valence-corrected chi connectivity index (χ1v) is 6.60. The zero-order chi connectivity index (χ0) is 13.1. The summed E-state index contributed by atoms with van der Waals surface area (Å²) < 4.78 is 14.7. The van der Waals surface area contributed by atoms with Gasteiger partial charge in [-0.15, -0.1) is 0 Å². The fraction of sp³-hybridized carbons (Fsp3) is 0.200. The van der Waals surface area contributed by atoms with Gasteiger partial charge < -0.3 is 5.32 Å². The molecule has 1 N–H and O–H groups in total. The Labute approximate surface area is 115 Å². The van der Waals surface area contributed by atoms with Crippen molar-refractivity contribution in [1.82, 2.24) is 5.32 Å². The van der Waals surface area contributed by atoms with E-state index < -0.39 is 0 Å². The van der Waals surface area contributed by atoms with Crippen LogP contribution < -0.4 is 5.32 Å². The van der Waals surface area contributed by atoms with E-state index in [0.29, 0.717) is 5.56 Å². The van der Waals surface area contributed by atoms with E-state index in [4.69, 9.17) is 0 Å². The summed E-state index contributed by atoms with van der Waals surface area (Å²) in [5.41, 5.74) is 2.71. The van der Waals surface area contributed by atoms with Crippen molar-refractivity contribution >= 4 is 15.9 Å². The summed E-state index contributed by atoms with van der Waals surface area (Å²) in [6.07, 6.45) is 0. The third-order valence-electron chi connectivity index (χ3n) is 3.00. The molecule has 0 aliphatic rings. The van der Waals surface area contributed by atoms with E-state index in [1.165, 1.54) is 0 Å². The molecule has 0 heterocycles. The Kier molecular flexibility index (Phi) is 4.15. The van der Waals surface area contributed by atoms with Crippen LogP contribution in [0.1, 0.15) is 22.7 Å². The van der Waals surface area contributed by atoms with Crippen molar-refractivity contribution in [2.45, 2.75) is 13.0 Å². The molecule has 2 rings (SSSR count). The minimum absolute atomic E-state index is 0.00222. The quantitative estimate of drug-likeness (QED) is 0.896. The summed E-state index contributed by atoms with van der Waals surface area (Å²) in [6.45, 7) is 1.77. The van der Waals surface area contributed by atoms with Crippen molar-refractivity contribution in [3.8, 4) is 0 Å². The Morgan fingerprint density at radius 2 is 1.83 bits per heavy atom. The van der Waals surface area contributed by atoms with Gasteiger partial charge in [0.25, 0.3) is 0 Å². The van der Waals surface area contributed by atoms with Gasteiger partial charge >= 0.3 is 0 Å². The molecule has 1 unspecified atom stereocenters. The third kappa shape index (κ3) is 2.79. The Morgan fingerprint density at radius 1 is 1.11 bits per heavy atom. The molecule has 3 heteroatoms. The molecule has 0 aromatic heterocycles. The molecule has 94 valence electrons. The average Bonchev–Trinajstić information content (AvgIpc) is 2.35. The molecule has 2 aromatic carbocycles. The molecule has 1 atom stereocenters. The molecule has 0 radical (unpaired) electrons. The molecule has 0 spiro atoms. The minimum atomic E-state index is -0.164. The maximum absolute atomic E-state index is 13.6. The van der Waals surface area contributed by atoms with E-state index in [1.54, 1.807) is 13.0 Å². The fourth-order valence-corrected chi connectivity index (χ4v) is 2.42. The van der Waals surface area contributed by atoms with Gasteiger partial charge in [0.05, 0.1) is 6.04 Å². The van der Waals surface area contributed by atoms with Crippen LogP contribution in [0.3, 0.4) is 0 Å². The van der Waals surface area contributed by atoms with Crippen molar-refractivity contribution in [2.75, 3.05) is 7.05 Å². The standard InChI is InChI=1S/C15H15BrFN/c1-10-6-7-12(9-14(10)17)15(18-2)11-4-3-5-13(16)8-11/h3-9,15,18H,1-2H3. The predicted octanol–water partition coefficient (Wildman–Crippen LogP) is 4.21. The van der Waals surface area contributed by atoms with Gasteiger partial charge in [-0.05, 0) is 48.9 Å². The van der Waals surface area contributed by atoms with Crippen molar-refractivity contribution in [2.24, 2.45) is 0 Å². The summed E-state index contributed by atoms with van der Waals surface area (Å²) >= 11 is 3.46. The Morgan fingerprint density at radius 3 is 2.44 bits per heavy atom. The normalized spacial score (nSPS) is 12.4. The lowest BCUT2D eigenvalue weighted by Gasteiger charge is -2.18. The van der Waals surface area contributed by atoms with E-state index >= 15 is 0 Å². The maximum Gasteiger partial charge on any atom is 0.126 e. The molecule has 0 aliphatic carbocycles. The van der Waals surface area contributed by atoms with Gasteiger partial charge in [0.2, 0.25) is 0 Å². The smallest absolute Gasteiger partial charge is 0.126 e. The Hall–Kier alpha value is -1.19. The van der Waals surface area contributed by atoms with Crippen LogP contribution in [-0.4, -0.2) is 7.05 Å². The molecular formula is C15H15BrFN. The van der Waals surface area contributed by atoms with Crippen LogP contribution in [0.5, 0.6) is 0 Å². The topological polar surface area (TPSA) is 12.0 Å². The lowest BCUT2D eigenvalue weighted by molar-refractivity contribution is 0.608. The second-order valence-electron chi connectivity index (χ2n) is 4.29. The maximum atomic E-state index is 13.6. The van der Waals surface area contributed by atoms with E-state index in [1.807, 2.05) is 43.4 Å². The Bertz CT molecular complexity index is 554. The lowest BCUT2D eigenvalue weighted by atomic mass is 9.98. The Balaban J connectivity index is 2.42. The summed E-state index contributed by atoms with van der Waals surface area (Å²) in [7, 11) is 1.88. The molecule has 0 fully saturated rings. The van der Waals surface area contributed by atoms with Crippen molar-refractivity contribution in [3.63, 3.8) is 0 Å². The molecular weight excluding hydrogens is 293 g/mol. The lowest BCUT2D eigenvalue weighted by Crippen LogP contribution is -2.17. The van der Waals surface area contributed by atoms with Crippen molar-refractivity contribution in [1.29, 1.82) is 0 Å². The molecule has 18 heavy (non-hydrogen) atoms. The summed E-state index contributed by atoms with van der Waals surface area (Å²) in [6, 6.07) is 13.4. The van der Waals surface area contributed by atoms with Crippen LogP contribution in [0, 0.1) is 12.7 Å². The van der Waals surface area contributed by atoms with Crippen LogP contribution in [0.4, 0.5) is 4.39 Å². The van der Waals surface area contributed by atoms with Crippen molar-refractivity contribution in [3.05, 3.63) is 69.4 Å². The molecule has 2 aromatic rings. The highest BCUT2D eigenvalue weighted by Gasteiger charge is 2.13. The summed E-state index contributed by atoms with van der Waals surface area (Å²) in [5, 5.41) is 3.22. The van der Waals surface area contributed by atoms with Gasteiger partial charge in [-0.1, -0.05) is 40.2 Å². The van der Waals surface area contributed by atoms with E-state index in [9.17, 15) is 4.39 Å². The summed E-state index contributed by atoms with van der Waals surface area (Å²) in [5.74, 6) is -0.164. The van der Waals surface area contributed by atoms with E-state index in [0.717, 1.165) is 15.6 Å². The highest BCUT2D eigenvalue weighted by atomic mass is 79.9. The largest absolute Gasteiger partial charge is 0.309 e. The first-order chi connectivity index (χ1) is 8.61. The second kappa shape index (κ2) is 5.63. The number of rotatable bonds is 3. The number of halogens is 2. The van der Waals surface area contributed by atoms with Gasteiger partial charge in [0.1, 0.15) is 5.82 Å². The molecule has 0 bridgehead atoms. The first kappa shape index (κ1) is 13.2. The van der Waals surface area contributed by atoms with Crippen LogP contribution in [0.25, 0.3) is 0 Å². The van der Waals surface area contributed by atoms with Gasteiger partial charge in [0, 0.05) is 4.47 Å². The zero-order valence-corrected chi connectivity index (χ0v) is 12.0. The molecule has 0 saturated carbocycles. The van der Waals surface area contributed by atoms with Gasteiger partial charge in [-0.2, -0.15) is 0 Å². The number of aryl methyl sites for hydroxylation is 1. The molecule has 0 saturated heterocycles. The van der Waals surface area contributed by atoms with Crippen LogP contribution in [0.15, 0.2) is 46.9 Å². The van der Waals surface area contributed by atoms with Crippen LogP contribution in [0.2, 0.25) is 0 Å². The average molecular weight is 308 g/mol. The SMILES string of the molecule is CNC(c1cccc(Br)c1)c1ccc(C)c(F)c1. The number of benzene rings is 2. The number of hydrogen-bond donors (Lipinski definition) is 1. The van der Waals surface area contributed by atoms with E-state index in [-0.39, 0.29) is 11.9 Å². The molecule has 0 aliphatic heterocycles. The zero-order valence-electron chi connectivity index (χ0n) is 10.4. The summed E-state index contributed by atoms with van der Waals surface area (Å²) in [4.78, 5) is 0. The predicted molar refractivity (Wildman–Crippen MR) is 76.2 cm³/mol. The number of hydrogen-bond acceptors (Lipinski definition) is 1. The minimum Gasteiger partial charge on any atom is -0.309 e. The first-order valence-electron chi connectivity index (χ1n) is 5.80. The van der Waals surface area contributed by atoms with Gasteiger partial charge in [0.15, 0.2) is 0 Å². The van der Waals surface area contributed by atoms with Crippen molar-refractivity contribution < 1.29 is 4.39 Å².